The molecule has 1 aromatic carbocycles. The van der Waals surface area contributed by atoms with E-state index in [-0.39, 0.29) is 11.7 Å². The Hall–Kier alpha value is -1.31. The zero-order valence-electron chi connectivity index (χ0n) is 7.00. The number of rotatable bonds is 0. The van der Waals surface area contributed by atoms with E-state index in [0.717, 1.165) is 23.2 Å². The van der Waals surface area contributed by atoms with E-state index >= 15 is 0 Å². The van der Waals surface area contributed by atoms with Crippen molar-refractivity contribution in [3.8, 4) is 0 Å². The first kappa shape index (κ1) is 7.35. The lowest BCUT2D eigenvalue weighted by atomic mass is 10.1. The molecule has 12 heavy (non-hydrogen) atoms. The Morgan fingerprint density at radius 1 is 1.50 bits per heavy atom. The number of hydrogen-bond acceptors (Lipinski definition) is 2. The summed E-state index contributed by atoms with van der Waals surface area (Å²) in [5, 5.41) is 0. The molecule has 62 valence electrons. The Bertz CT molecular complexity index is 344. The summed E-state index contributed by atoms with van der Waals surface area (Å²) in [4.78, 5) is 11.5. The lowest BCUT2D eigenvalue weighted by Crippen LogP contribution is -2.02. The maximum absolute atomic E-state index is 11.5. The first-order valence-electron chi connectivity index (χ1n) is 4.11. The van der Waals surface area contributed by atoms with Crippen LogP contribution in [0.25, 0.3) is 0 Å². The summed E-state index contributed by atoms with van der Waals surface area (Å²) < 4.78 is 0. The number of benzene rings is 1. The molecule has 1 unspecified atom stereocenters. The zero-order chi connectivity index (χ0) is 8.72. The van der Waals surface area contributed by atoms with Gasteiger partial charge in [-0.15, -0.1) is 0 Å². The minimum Gasteiger partial charge on any atom is -0.399 e. The predicted octanol–water partition coefficient (Wildman–Crippen LogP) is 1.64. The van der Waals surface area contributed by atoms with Gasteiger partial charge in [-0.3, -0.25) is 4.79 Å². The van der Waals surface area contributed by atoms with E-state index in [1.54, 1.807) is 6.07 Å². The van der Waals surface area contributed by atoms with Crippen molar-refractivity contribution in [2.24, 2.45) is 5.92 Å². The highest BCUT2D eigenvalue weighted by Gasteiger charge is 2.26. The second-order valence-corrected chi connectivity index (χ2v) is 3.39. The number of Topliss-reactive ketones (excluding diaryl/α,β-unsaturated/α-hetero) is 1. The number of anilines is 1. The molecule has 1 aliphatic carbocycles. The summed E-state index contributed by atoms with van der Waals surface area (Å²) in [5.74, 6) is 0.395. The van der Waals surface area contributed by atoms with Crippen LogP contribution in [0.3, 0.4) is 0 Å². The first-order valence-corrected chi connectivity index (χ1v) is 4.11. The summed E-state index contributed by atoms with van der Waals surface area (Å²) in [6.45, 7) is 1.96. The Labute approximate surface area is 71.4 Å². The third kappa shape index (κ3) is 0.916. The molecule has 1 aromatic rings. The van der Waals surface area contributed by atoms with Crippen molar-refractivity contribution >= 4 is 11.5 Å². The van der Waals surface area contributed by atoms with Crippen molar-refractivity contribution < 1.29 is 4.79 Å². The Morgan fingerprint density at radius 2 is 2.25 bits per heavy atom. The highest BCUT2D eigenvalue weighted by atomic mass is 16.1. The number of carbonyl (C=O) groups is 1. The Morgan fingerprint density at radius 3 is 3.00 bits per heavy atom. The molecule has 0 saturated heterocycles. The highest BCUT2D eigenvalue weighted by Crippen LogP contribution is 2.27. The van der Waals surface area contributed by atoms with Crippen LogP contribution in [-0.2, 0) is 6.42 Å². The van der Waals surface area contributed by atoms with Gasteiger partial charge in [0.15, 0.2) is 5.78 Å². The van der Waals surface area contributed by atoms with Crippen molar-refractivity contribution in [3.05, 3.63) is 29.3 Å². The molecule has 0 bridgehead atoms. The van der Waals surface area contributed by atoms with E-state index in [0.29, 0.717) is 0 Å². The van der Waals surface area contributed by atoms with E-state index < -0.39 is 0 Å². The van der Waals surface area contributed by atoms with Gasteiger partial charge < -0.3 is 5.73 Å². The fourth-order valence-corrected chi connectivity index (χ4v) is 1.71. The normalized spacial score (nSPS) is 21.1. The lowest BCUT2D eigenvalue weighted by molar-refractivity contribution is 0.0946. The van der Waals surface area contributed by atoms with Crippen LogP contribution < -0.4 is 5.73 Å². The number of ketones is 1. The van der Waals surface area contributed by atoms with E-state index in [1.807, 2.05) is 19.1 Å². The molecular formula is C10H11NO. The van der Waals surface area contributed by atoms with Gasteiger partial charge in [0.1, 0.15) is 0 Å². The summed E-state index contributed by atoms with van der Waals surface area (Å²) >= 11 is 0. The molecule has 0 amide bonds. The van der Waals surface area contributed by atoms with Gasteiger partial charge in [-0.1, -0.05) is 6.92 Å². The van der Waals surface area contributed by atoms with Gasteiger partial charge in [-0.2, -0.15) is 0 Å². The maximum Gasteiger partial charge on any atom is 0.166 e. The number of fused-ring (bicyclic) bond motifs is 1. The largest absolute Gasteiger partial charge is 0.399 e. The molecule has 1 atom stereocenters. The zero-order valence-corrected chi connectivity index (χ0v) is 7.00. The van der Waals surface area contributed by atoms with Crippen LogP contribution in [-0.4, -0.2) is 5.78 Å². The molecule has 0 heterocycles. The van der Waals surface area contributed by atoms with Crippen LogP contribution in [0.5, 0.6) is 0 Å². The Kier molecular flexibility index (Phi) is 1.43. The molecular weight excluding hydrogens is 150 g/mol. The number of nitrogen functional groups attached to an aromatic ring is 1. The van der Waals surface area contributed by atoms with Gasteiger partial charge in [0.05, 0.1) is 0 Å². The van der Waals surface area contributed by atoms with Crippen LogP contribution in [0.2, 0.25) is 0 Å². The molecule has 2 heteroatoms. The van der Waals surface area contributed by atoms with E-state index in [4.69, 9.17) is 5.73 Å². The number of hydrogen-bond donors (Lipinski definition) is 1. The second kappa shape index (κ2) is 2.34. The van der Waals surface area contributed by atoms with Crippen LogP contribution in [0, 0.1) is 5.92 Å². The molecule has 0 spiro atoms. The van der Waals surface area contributed by atoms with Gasteiger partial charge in [-0.25, -0.2) is 0 Å². The molecule has 0 radical (unpaired) electrons. The first-order chi connectivity index (χ1) is 5.68. The summed E-state index contributed by atoms with van der Waals surface area (Å²) in [6.07, 6.45) is 0.846. The van der Waals surface area contributed by atoms with Gasteiger partial charge >= 0.3 is 0 Å². The second-order valence-electron chi connectivity index (χ2n) is 3.39. The number of nitrogens with two attached hydrogens (primary N) is 1. The SMILES string of the molecule is CC1Cc2cc(N)ccc2C1=O. The van der Waals surface area contributed by atoms with Crippen LogP contribution in [0.15, 0.2) is 18.2 Å². The minimum atomic E-state index is 0.141. The summed E-state index contributed by atoms with van der Waals surface area (Å²) in [5.41, 5.74) is 8.32. The quantitative estimate of drug-likeness (QED) is 0.588. The van der Waals surface area contributed by atoms with Gasteiger partial charge in [0.25, 0.3) is 0 Å². The third-order valence-corrected chi connectivity index (χ3v) is 2.37. The van der Waals surface area contributed by atoms with Gasteiger partial charge in [0, 0.05) is 17.2 Å². The van der Waals surface area contributed by atoms with Crippen LogP contribution >= 0.6 is 0 Å². The van der Waals surface area contributed by atoms with E-state index in [2.05, 4.69) is 0 Å². The standard InChI is InChI=1S/C10H11NO/c1-6-4-7-5-8(11)2-3-9(7)10(6)12/h2-3,5-6H,4,11H2,1H3. The molecule has 2 N–H and O–H groups in total. The van der Waals surface area contributed by atoms with Crippen molar-refractivity contribution in [1.82, 2.24) is 0 Å². The molecule has 0 aromatic heterocycles. The maximum atomic E-state index is 11.5. The van der Waals surface area contributed by atoms with Gasteiger partial charge in [0.2, 0.25) is 0 Å². The fourth-order valence-electron chi connectivity index (χ4n) is 1.71. The summed E-state index contributed by atoms with van der Waals surface area (Å²) in [6, 6.07) is 5.52. The topological polar surface area (TPSA) is 43.1 Å². The molecule has 1 aliphatic rings. The van der Waals surface area contributed by atoms with Crippen molar-refractivity contribution in [3.63, 3.8) is 0 Å². The van der Waals surface area contributed by atoms with Gasteiger partial charge in [-0.05, 0) is 30.2 Å². The lowest BCUT2D eigenvalue weighted by Gasteiger charge is -1.97. The molecule has 2 nitrogen and oxygen atoms in total. The summed E-state index contributed by atoms with van der Waals surface area (Å²) in [7, 11) is 0. The molecule has 0 aliphatic heterocycles. The monoisotopic (exact) mass is 161 g/mol. The van der Waals surface area contributed by atoms with E-state index in [1.165, 1.54) is 0 Å². The molecule has 2 rings (SSSR count). The molecule has 0 saturated carbocycles. The smallest absolute Gasteiger partial charge is 0.166 e. The third-order valence-electron chi connectivity index (χ3n) is 2.37. The van der Waals surface area contributed by atoms with Crippen molar-refractivity contribution in [2.75, 3.05) is 5.73 Å². The van der Waals surface area contributed by atoms with Crippen molar-refractivity contribution in [1.29, 1.82) is 0 Å². The van der Waals surface area contributed by atoms with Crippen molar-refractivity contribution in [2.45, 2.75) is 13.3 Å². The van der Waals surface area contributed by atoms with Crippen LogP contribution in [0.1, 0.15) is 22.8 Å². The predicted molar refractivity (Wildman–Crippen MR) is 48.1 cm³/mol. The van der Waals surface area contributed by atoms with E-state index in [9.17, 15) is 4.79 Å². The fraction of sp³-hybridized carbons (Fsp3) is 0.300. The van der Waals surface area contributed by atoms with Crippen LogP contribution in [0.4, 0.5) is 5.69 Å². The molecule has 0 fully saturated rings. The Balaban J connectivity index is 2.54. The minimum absolute atomic E-state index is 0.141. The average molecular weight is 161 g/mol. The highest BCUT2D eigenvalue weighted by molar-refractivity contribution is 6.02. The number of carbonyl (C=O) groups excluding carboxylic acids is 1. The average Bonchev–Trinajstić information content (AvgIpc) is 2.28.